The molecule has 0 atom stereocenters. The van der Waals surface area contributed by atoms with E-state index >= 15 is 0 Å². The van der Waals surface area contributed by atoms with E-state index in [-0.39, 0.29) is 11.5 Å². The Bertz CT molecular complexity index is 1210. The van der Waals surface area contributed by atoms with Gasteiger partial charge in [0, 0.05) is 24.4 Å². The predicted molar refractivity (Wildman–Crippen MR) is 109 cm³/mol. The summed E-state index contributed by atoms with van der Waals surface area (Å²) in [4.78, 5) is 28.8. The van der Waals surface area contributed by atoms with Gasteiger partial charge in [-0.05, 0) is 55.0 Å². The van der Waals surface area contributed by atoms with Gasteiger partial charge in [-0.15, -0.1) is 11.3 Å². The Kier molecular flexibility index (Phi) is 4.33. The number of thiazole rings is 1. The van der Waals surface area contributed by atoms with Crippen LogP contribution in [0.25, 0.3) is 20.8 Å². The molecule has 0 radical (unpaired) electrons. The summed E-state index contributed by atoms with van der Waals surface area (Å²) >= 11 is 1.65. The highest BCUT2D eigenvalue weighted by Crippen LogP contribution is 2.31. The molecule has 1 amide bonds. The van der Waals surface area contributed by atoms with Gasteiger partial charge in [-0.1, -0.05) is 12.1 Å². The van der Waals surface area contributed by atoms with Crippen LogP contribution in [0.2, 0.25) is 0 Å². The van der Waals surface area contributed by atoms with Crippen LogP contribution in [0.4, 0.5) is 5.69 Å². The maximum atomic E-state index is 12.4. The number of nitrogens with zero attached hydrogens (tertiary/aromatic N) is 2. The average molecular weight is 375 g/mol. The smallest absolute Gasteiger partial charge is 0.272 e. The molecule has 2 aromatic heterocycles. The van der Waals surface area contributed by atoms with E-state index in [1.807, 2.05) is 30.3 Å². The Morgan fingerprint density at radius 1 is 1.07 bits per heavy atom. The summed E-state index contributed by atoms with van der Waals surface area (Å²) in [5.74, 6) is -0.321. The molecular formula is C21H17N3O2S. The molecule has 0 saturated heterocycles. The second-order valence-corrected chi connectivity index (χ2v) is 7.36. The Labute approximate surface area is 159 Å². The number of aromatic nitrogens is 2. The zero-order chi connectivity index (χ0) is 19.0. The molecule has 27 heavy (non-hydrogen) atoms. The molecule has 6 heteroatoms. The van der Waals surface area contributed by atoms with Crippen molar-refractivity contribution in [3.8, 4) is 10.6 Å². The number of anilines is 1. The first-order chi connectivity index (χ1) is 13.0. The number of aryl methyl sites for hydroxylation is 1. The van der Waals surface area contributed by atoms with Crippen LogP contribution in [-0.2, 0) is 7.05 Å². The Morgan fingerprint density at radius 3 is 2.63 bits per heavy atom. The van der Waals surface area contributed by atoms with Gasteiger partial charge in [-0.2, -0.15) is 0 Å². The lowest BCUT2D eigenvalue weighted by atomic mass is 10.2. The first-order valence-electron chi connectivity index (χ1n) is 8.46. The number of carbonyl (C=O) groups excluding carboxylic acids is 1. The van der Waals surface area contributed by atoms with Gasteiger partial charge in [0.2, 0.25) is 0 Å². The van der Waals surface area contributed by atoms with Gasteiger partial charge in [0.25, 0.3) is 11.5 Å². The number of benzene rings is 2. The Balaban J connectivity index is 1.57. The van der Waals surface area contributed by atoms with Gasteiger partial charge < -0.3 is 9.88 Å². The number of carbonyl (C=O) groups is 1. The molecule has 0 spiro atoms. The summed E-state index contributed by atoms with van der Waals surface area (Å²) in [7, 11) is 1.58. The number of amides is 1. The van der Waals surface area contributed by atoms with Gasteiger partial charge >= 0.3 is 0 Å². The van der Waals surface area contributed by atoms with Crippen LogP contribution in [-0.4, -0.2) is 15.5 Å². The van der Waals surface area contributed by atoms with E-state index in [1.54, 1.807) is 30.5 Å². The van der Waals surface area contributed by atoms with Crippen molar-refractivity contribution in [3.05, 3.63) is 82.3 Å². The minimum Gasteiger partial charge on any atom is -0.321 e. The zero-order valence-corrected chi connectivity index (χ0v) is 15.7. The van der Waals surface area contributed by atoms with Crippen LogP contribution in [0.1, 0.15) is 16.1 Å². The molecule has 5 nitrogen and oxygen atoms in total. The summed E-state index contributed by atoms with van der Waals surface area (Å²) in [5.41, 5.74) is 3.96. The van der Waals surface area contributed by atoms with Crippen molar-refractivity contribution < 1.29 is 4.79 Å². The summed E-state index contributed by atoms with van der Waals surface area (Å²) in [5, 5.41) is 3.77. The van der Waals surface area contributed by atoms with Crippen molar-refractivity contribution in [2.24, 2.45) is 7.05 Å². The largest absolute Gasteiger partial charge is 0.321 e. The first kappa shape index (κ1) is 17.2. The maximum absolute atomic E-state index is 12.4. The molecule has 0 fully saturated rings. The molecule has 1 N–H and O–H groups in total. The van der Waals surface area contributed by atoms with Crippen molar-refractivity contribution in [1.82, 2.24) is 9.55 Å². The van der Waals surface area contributed by atoms with Crippen LogP contribution in [0.15, 0.2) is 65.5 Å². The molecule has 0 aliphatic rings. The molecule has 4 rings (SSSR count). The minimum atomic E-state index is -0.321. The monoisotopic (exact) mass is 375 g/mol. The fourth-order valence-electron chi connectivity index (χ4n) is 2.84. The molecule has 0 aliphatic heterocycles. The van der Waals surface area contributed by atoms with Crippen molar-refractivity contribution >= 4 is 33.1 Å². The van der Waals surface area contributed by atoms with Gasteiger partial charge in [0.1, 0.15) is 10.7 Å². The second kappa shape index (κ2) is 6.81. The third-order valence-corrected chi connectivity index (χ3v) is 5.42. The lowest BCUT2D eigenvalue weighted by molar-refractivity contribution is 0.101. The summed E-state index contributed by atoms with van der Waals surface area (Å²) in [6.45, 7) is 2.07. The van der Waals surface area contributed by atoms with Crippen molar-refractivity contribution in [1.29, 1.82) is 0 Å². The standard InChI is InChI=1S/C21H17N3O2S/c1-13-6-11-16-18(12-13)27-21(23-16)14-7-9-15(10-8-14)22-20(26)17-4-3-5-19(25)24(17)2/h3-12H,1-2H3,(H,22,26). The average Bonchev–Trinajstić information content (AvgIpc) is 3.07. The van der Waals surface area contributed by atoms with Crippen molar-refractivity contribution in [2.75, 3.05) is 5.32 Å². The fraction of sp³-hybridized carbons (Fsp3) is 0.0952. The second-order valence-electron chi connectivity index (χ2n) is 6.33. The SMILES string of the molecule is Cc1ccc2nc(-c3ccc(NC(=O)c4cccc(=O)n4C)cc3)sc2c1. The van der Waals surface area contributed by atoms with Crippen LogP contribution in [0, 0.1) is 6.92 Å². The number of rotatable bonds is 3. The van der Waals surface area contributed by atoms with E-state index in [1.165, 1.54) is 16.2 Å². The van der Waals surface area contributed by atoms with Crippen LogP contribution >= 0.6 is 11.3 Å². The lowest BCUT2D eigenvalue weighted by Crippen LogP contribution is -2.25. The number of nitrogens with one attached hydrogen (secondary N) is 1. The predicted octanol–water partition coefficient (Wildman–Crippen LogP) is 4.22. The topological polar surface area (TPSA) is 64.0 Å². The zero-order valence-electron chi connectivity index (χ0n) is 14.9. The van der Waals surface area contributed by atoms with Gasteiger partial charge in [0.15, 0.2) is 0 Å². The molecule has 0 aliphatic carbocycles. The van der Waals surface area contributed by atoms with E-state index in [0.29, 0.717) is 11.4 Å². The first-order valence-corrected chi connectivity index (χ1v) is 9.28. The van der Waals surface area contributed by atoms with Gasteiger partial charge in [-0.25, -0.2) is 4.98 Å². The quantitative estimate of drug-likeness (QED) is 0.583. The number of pyridine rings is 1. The minimum absolute atomic E-state index is 0.218. The molecule has 4 aromatic rings. The lowest BCUT2D eigenvalue weighted by Gasteiger charge is -2.09. The Hall–Kier alpha value is -3.25. The number of fused-ring (bicyclic) bond motifs is 1. The van der Waals surface area contributed by atoms with E-state index in [2.05, 4.69) is 29.4 Å². The van der Waals surface area contributed by atoms with E-state index in [9.17, 15) is 9.59 Å². The van der Waals surface area contributed by atoms with E-state index < -0.39 is 0 Å². The molecular weight excluding hydrogens is 358 g/mol. The highest BCUT2D eigenvalue weighted by molar-refractivity contribution is 7.21. The third kappa shape index (κ3) is 3.39. The molecule has 0 saturated carbocycles. The van der Waals surface area contributed by atoms with E-state index in [0.717, 1.165) is 20.8 Å². The number of hydrogen-bond acceptors (Lipinski definition) is 4. The van der Waals surface area contributed by atoms with Crippen LogP contribution < -0.4 is 10.9 Å². The summed E-state index contributed by atoms with van der Waals surface area (Å²) in [6, 6.07) is 18.4. The molecule has 0 bridgehead atoms. The Morgan fingerprint density at radius 2 is 1.85 bits per heavy atom. The molecule has 134 valence electrons. The highest BCUT2D eigenvalue weighted by atomic mass is 32.1. The fourth-order valence-corrected chi connectivity index (χ4v) is 3.91. The number of hydrogen-bond donors (Lipinski definition) is 1. The highest BCUT2D eigenvalue weighted by Gasteiger charge is 2.11. The van der Waals surface area contributed by atoms with Crippen LogP contribution in [0.3, 0.4) is 0 Å². The summed E-state index contributed by atoms with van der Waals surface area (Å²) in [6.07, 6.45) is 0. The van der Waals surface area contributed by atoms with Crippen LogP contribution in [0.5, 0.6) is 0 Å². The van der Waals surface area contributed by atoms with E-state index in [4.69, 9.17) is 0 Å². The maximum Gasteiger partial charge on any atom is 0.272 e. The van der Waals surface area contributed by atoms with Crippen molar-refractivity contribution in [3.63, 3.8) is 0 Å². The van der Waals surface area contributed by atoms with Crippen molar-refractivity contribution in [2.45, 2.75) is 6.92 Å². The molecule has 2 aromatic carbocycles. The third-order valence-electron chi connectivity index (χ3n) is 4.35. The van der Waals surface area contributed by atoms with Gasteiger partial charge in [0.05, 0.1) is 10.2 Å². The normalized spacial score (nSPS) is 10.9. The van der Waals surface area contributed by atoms with Gasteiger partial charge in [-0.3, -0.25) is 9.59 Å². The summed E-state index contributed by atoms with van der Waals surface area (Å²) < 4.78 is 2.49. The molecule has 2 heterocycles. The molecule has 0 unspecified atom stereocenters.